The highest BCUT2D eigenvalue weighted by atomic mass is 32.2. The van der Waals surface area contributed by atoms with Crippen LogP contribution in [0.5, 0.6) is 0 Å². The first-order valence-corrected chi connectivity index (χ1v) is 10.4. The number of aromatic nitrogens is 1. The van der Waals surface area contributed by atoms with E-state index in [0.717, 1.165) is 0 Å². The molecule has 7 nitrogen and oxygen atoms in total. The van der Waals surface area contributed by atoms with Gasteiger partial charge in [-0.2, -0.15) is 0 Å². The van der Waals surface area contributed by atoms with Gasteiger partial charge in [0.1, 0.15) is 5.69 Å². The third kappa shape index (κ3) is 4.36. The second-order valence-corrected chi connectivity index (χ2v) is 8.28. The van der Waals surface area contributed by atoms with E-state index >= 15 is 0 Å². The minimum atomic E-state index is -3.08. The fourth-order valence-electron chi connectivity index (χ4n) is 3.11. The van der Waals surface area contributed by atoms with Gasteiger partial charge in [0.25, 0.3) is 11.8 Å². The summed E-state index contributed by atoms with van der Waals surface area (Å²) in [4.78, 5) is 32.6. The van der Waals surface area contributed by atoms with Gasteiger partial charge in [0.05, 0.1) is 11.5 Å². The first-order chi connectivity index (χ1) is 11.8. The molecule has 8 heteroatoms. The number of carbonyl (C=O) groups excluding carboxylic acids is 2. The van der Waals surface area contributed by atoms with Gasteiger partial charge in [0.15, 0.2) is 9.84 Å². The van der Waals surface area contributed by atoms with Crippen LogP contribution in [0.1, 0.15) is 48.0 Å². The lowest BCUT2D eigenvalue weighted by Crippen LogP contribution is -2.41. The average Bonchev–Trinajstić information content (AvgIpc) is 2.96. The van der Waals surface area contributed by atoms with Crippen LogP contribution in [0.25, 0.3) is 0 Å². The van der Waals surface area contributed by atoms with E-state index in [1.165, 1.54) is 12.3 Å². The lowest BCUT2D eigenvalue weighted by molar-refractivity contribution is 0.0702. The Bertz CT molecular complexity index is 744. The Balaban J connectivity index is 2.24. The maximum absolute atomic E-state index is 12.8. The Kier molecular flexibility index (Phi) is 6.16. The SMILES string of the molecule is CCN(CC)C(=O)c1ccnc(C(=O)N(CC)C2CCS(=O)(=O)C2)c1. The van der Waals surface area contributed by atoms with Gasteiger partial charge in [-0.15, -0.1) is 0 Å². The molecule has 0 N–H and O–H groups in total. The highest BCUT2D eigenvalue weighted by Gasteiger charge is 2.34. The van der Waals surface area contributed by atoms with Crippen LogP contribution in [0.15, 0.2) is 18.3 Å². The van der Waals surface area contributed by atoms with Crippen LogP contribution in [0.4, 0.5) is 0 Å². The van der Waals surface area contributed by atoms with Gasteiger partial charge in [-0.1, -0.05) is 0 Å². The van der Waals surface area contributed by atoms with Gasteiger partial charge in [-0.3, -0.25) is 14.6 Å². The summed E-state index contributed by atoms with van der Waals surface area (Å²) in [5.74, 6) is -0.383. The Morgan fingerprint density at radius 2 is 1.84 bits per heavy atom. The Morgan fingerprint density at radius 3 is 2.36 bits per heavy atom. The number of carbonyl (C=O) groups is 2. The van der Waals surface area contributed by atoms with Crippen LogP contribution in [-0.2, 0) is 9.84 Å². The van der Waals surface area contributed by atoms with Crippen LogP contribution in [0, 0.1) is 0 Å². The monoisotopic (exact) mass is 367 g/mol. The highest BCUT2D eigenvalue weighted by molar-refractivity contribution is 7.91. The van der Waals surface area contributed by atoms with Gasteiger partial charge >= 0.3 is 0 Å². The molecule has 0 radical (unpaired) electrons. The highest BCUT2D eigenvalue weighted by Crippen LogP contribution is 2.20. The summed E-state index contributed by atoms with van der Waals surface area (Å²) < 4.78 is 23.4. The van der Waals surface area contributed by atoms with Crippen LogP contribution in [-0.4, -0.2) is 72.2 Å². The van der Waals surface area contributed by atoms with Crippen LogP contribution in [0.3, 0.4) is 0 Å². The van der Waals surface area contributed by atoms with Gasteiger partial charge in [0.2, 0.25) is 0 Å². The van der Waals surface area contributed by atoms with E-state index in [4.69, 9.17) is 0 Å². The minimum Gasteiger partial charge on any atom is -0.339 e. The lowest BCUT2D eigenvalue weighted by Gasteiger charge is -2.26. The molecule has 0 saturated carbocycles. The maximum atomic E-state index is 12.8. The maximum Gasteiger partial charge on any atom is 0.272 e. The zero-order chi connectivity index (χ0) is 18.6. The standard InChI is InChI=1S/C17H25N3O4S/c1-4-19(5-2)16(21)13-7-9-18-15(11-13)17(22)20(6-3)14-8-10-25(23,24)12-14/h7,9,11,14H,4-6,8,10,12H2,1-3H3. The molecule has 25 heavy (non-hydrogen) atoms. The van der Waals surface area contributed by atoms with Crippen molar-refractivity contribution in [2.45, 2.75) is 33.2 Å². The summed E-state index contributed by atoms with van der Waals surface area (Å²) in [5.41, 5.74) is 0.585. The average molecular weight is 367 g/mol. The first-order valence-electron chi connectivity index (χ1n) is 8.59. The predicted octanol–water partition coefficient (Wildman–Crippen LogP) is 1.21. The smallest absolute Gasteiger partial charge is 0.272 e. The lowest BCUT2D eigenvalue weighted by atomic mass is 10.1. The molecule has 1 unspecified atom stereocenters. The van der Waals surface area contributed by atoms with Crippen LogP contribution < -0.4 is 0 Å². The molecule has 1 atom stereocenters. The van der Waals surface area contributed by atoms with Crippen molar-refractivity contribution in [2.24, 2.45) is 0 Å². The first kappa shape index (κ1) is 19.4. The van der Waals surface area contributed by atoms with E-state index < -0.39 is 9.84 Å². The van der Waals surface area contributed by atoms with Crippen molar-refractivity contribution in [2.75, 3.05) is 31.1 Å². The Hall–Kier alpha value is -1.96. The van der Waals surface area contributed by atoms with Crippen molar-refractivity contribution >= 4 is 21.7 Å². The third-order valence-corrected chi connectivity index (χ3v) is 6.28. The molecule has 2 amide bonds. The number of hydrogen-bond acceptors (Lipinski definition) is 5. The van der Waals surface area contributed by atoms with Crippen molar-refractivity contribution in [3.63, 3.8) is 0 Å². The minimum absolute atomic E-state index is 0.00928. The molecule has 1 fully saturated rings. The number of hydrogen-bond donors (Lipinski definition) is 0. The number of nitrogens with zero attached hydrogens (tertiary/aromatic N) is 3. The summed E-state index contributed by atoms with van der Waals surface area (Å²) in [6, 6.07) is 2.76. The molecule has 0 bridgehead atoms. The largest absolute Gasteiger partial charge is 0.339 e. The molecule has 1 aromatic rings. The van der Waals surface area contributed by atoms with Crippen molar-refractivity contribution in [1.29, 1.82) is 0 Å². The third-order valence-electron chi connectivity index (χ3n) is 4.53. The fourth-order valence-corrected chi connectivity index (χ4v) is 4.84. The summed E-state index contributed by atoms with van der Waals surface area (Å²) in [7, 11) is -3.08. The predicted molar refractivity (Wildman–Crippen MR) is 95.3 cm³/mol. The van der Waals surface area contributed by atoms with E-state index in [-0.39, 0.29) is 35.1 Å². The number of sulfone groups is 1. The van der Waals surface area contributed by atoms with Gasteiger partial charge < -0.3 is 9.80 Å². The molecule has 2 rings (SSSR count). The van der Waals surface area contributed by atoms with Crippen LogP contribution in [0.2, 0.25) is 0 Å². The summed E-state index contributed by atoms with van der Waals surface area (Å²) in [5, 5.41) is 0. The zero-order valence-electron chi connectivity index (χ0n) is 14.9. The molecule has 0 aromatic carbocycles. The van der Waals surface area contributed by atoms with Crippen LogP contribution >= 0.6 is 0 Å². The fraction of sp³-hybridized carbons (Fsp3) is 0.588. The zero-order valence-corrected chi connectivity index (χ0v) is 15.8. The number of rotatable bonds is 6. The quantitative estimate of drug-likeness (QED) is 0.754. The van der Waals surface area contributed by atoms with Gasteiger partial charge in [-0.25, -0.2) is 8.42 Å². The topological polar surface area (TPSA) is 87.7 Å². The summed E-state index contributed by atoms with van der Waals surface area (Å²) in [6.45, 7) is 7.18. The molecule has 138 valence electrons. The molecule has 0 spiro atoms. The van der Waals surface area contributed by atoms with Gasteiger partial charge in [-0.05, 0) is 39.3 Å². The van der Waals surface area contributed by atoms with Gasteiger partial charge in [0, 0.05) is 37.4 Å². The van der Waals surface area contributed by atoms with Crippen molar-refractivity contribution in [3.8, 4) is 0 Å². The number of amides is 2. The number of pyridine rings is 1. The van der Waals surface area contributed by atoms with E-state index in [0.29, 0.717) is 31.6 Å². The Morgan fingerprint density at radius 1 is 1.16 bits per heavy atom. The molecule has 1 saturated heterocycles. The molecule has 2 heterocycles. The molecule has 0 aliphatic carbocycles. The van der Waals surface area contributed by atoms with E-state index in [9.17, 15) is 18.0 Å². The van der Waals surface area contributed by atoms with Crippen molar-refractivity contribution in [3.05, 3.63) is 29.6 Å². The molecule has 1 aromatic heterocycles. The van der Waals surface area contributed by atoms with Crippen molar-refractivity contribution < 1.29 is 18.0 Å². The summed E-state index contributed by atoms with van der Waals surface area (Å²) in [6.07, 6.45) is 1.89. The second-order valence-electron chi connectivity index (χ2n) is 6.06. The van der Waals surface area contributed by atoms with E-state index in [1.54, 1.807) is 15.9 Å². The van der Waals surface area contributed by atoms with E-state index in [1.807, 2.05) is 20.8 Å². The normalized spacial score (nSPS) is 18.8. The van der Waals surface area contributed by atoms with Crippen molar-refractivity contribution in [1.82, 2.24) is 14.8 Å². The molecule has 1 aliphatic rings. The molecular formula is C17H25N3O4S. The van der Waals surface area contributed by atoms with E-state index in [2.05, 4.69) is 4.98 Å². The Labute approximate surface area is 148 Å². The second kappa shape index (κ2) is 7.95. The summed E-state index contributed by atoms with van der Waals surface area (Å²) >= 11 is 0. The molecule has 1 aliphatic heterocycles. The molecular weight excluding hydrogens is 342 g/mol.